The average Bonchev–Trinajstić information content (AvgIpc) is 3.21. The third-order valence-corrected chi connectivity index (χ3v) is 6.13. The van der Waals surface area contributed by atoms with Crippen LogP contribution < -0.4 is 4.74 Å². The fourth-order valence-corrected chi connectivity index (χ4v) is 4.86. The van der Waals surface area contributed by atoms with Crippen LogP contribution in [0.15, 0.2) is 24.3 Å². The molecule has 7 heteroatoms. The SMILES string of the molecule is COC(=O)[C@H]1C2CC([C@@H](C)C2C(=O)OCc2ccc(OC)cc2)[C@H]1C(=O)O. The van der Waals surface area contributed by atoms with Crippen LogP contribution in [0.1, 0.15) is 18.9 Å². The van der Waals surface area contributed by atoms with Crippen molar-refractivity contribution in [1.82, 2.24) is 0 Å². The van der Waals surface area contributed by atoms with Crippen LogP contribution in [-0.4, -0.2) is 37.2 Å². The summed E-state index contributed by atoms with van der Waals surface area (Å²) in [7, 11) is 2.82. The van der Waals surface area contributed by atoms with Gasteiger partial charge in [-0.2, -0.15) is 0 Å². The highest BCUT2D eigenvalue weighted by Crippen LogP contribution is 2.59. The van der Waals surface area contributed by atoms with Crippen molar-refractivity contribution >= 4 is 17.9 Å². The van der Waals surface area contributed by atoms with Gasteiger partial charge in [0.25, 0.3) is 0 Å². The molecule has 2 saturated carbocycles. The number of ether oxygens (including phenoxy) is 3. The predicted octanol–water partition coefficient (Wildman–Crippen LogP) is 2.13. The van der Waals surface area contributed by atoms with Crippen molar-refractivity contribution in [2.45, 2.75) is 20.0 Å². The molecule has 0 aliphatic heterocycles. The van der Waals surface area contributed by atoms with E-state index in [4.69, 9.17) is 14.2 Å². The van der Waals surface area contributed by atoms with Gasteiger partial charge in [0.1, 0.15) is 12.4 Å². The number of methoxy groups -OCH3 is 2. The van der Waals surface area contributed by atoms with Crippen LogP contribution in [0, 0.1) is 35.5 Å². The Bertz CT molecular complexity index is 726. The second kappa shape index (κ2) is 7.58. The third kappa shape index (κ3) is 3.38. The smallest absolute Gasteiger partial charge is 0.309 e. The molecule has 1 N–H and O–H groups in total. The van der Waals surface area contributed by atoms with Crippen molar-refractivity contribution in [2.75, 3.05) is 14.2 Å². The largest absolute Gasteiger partial charge is 0.497 e. The summed E-state index contributed by atoms with van der Waals surface area (Å²) < 4.78 is 15.4. The number of hydrogen-bond donors (Lipinski definition) is 1. The van der Waals surface area contributed by atoms with E-state index in [1.807, 2.05) is 19.1 Å². The Labute approximate surface area is 157 Å². The Morgan fingerprint density at radius 2 is 1.67 bits per heavy atom. The lowest BCUT2D eigenvalue weighted by Gasteiger charge is -2.35. The highest BCUT2D eigenvalue weighted by molar-refractivity contribution is 5.85. The minimum absolute atomic E-state index is 0.120. The van der Waals surface area contributed by atoms with Crippen molar-refractivity contribution in [2.24, 2.45) is 35.5 Å². The number of benzene rings is 1. The van der Waals surface area contributed by atoms with E-state index < -0.39 is 29.7 Å². The van der Waals surface area contributed by atoms with Gasteiger partial charge in [0.15, 0.2) is 0 Å². The van der Waals surface area contributed by atoms with Gasteiger partial charge in [0.2, 0.25) is 0 Å². The molecule has 0 spiro atoms. The lowest BCUT2D eigenvalue weighted by Crippen LogP contribution is -2.44. The first-order valence-electron chi connectivity index (χ1n) is 8.99. The summed E-state index contributed by atoms with van der Waals surface area (Å²) in [5.74, 6) is -4.07. The van der Waals surface area contributed by atoms with Gasteiger partial charge in [-0.25, -0.2) is 0 Å². The molecule has 146 valence electrons. The molecule has 6 atom stereocenters. The molecule has 27 heavy (non-hydrogen) atoms. The van der Waals surface area contributed by atoms with Crippen molar-refractivity contribution in [3.05, 3.63) is 29.8 Å². The van der Waals surface area contributed by atoms with Gasteiger partial charge in [-0.3, -0.25) is 14.4 Å². The summed E-state index contributed by atoms with van der Waals surface area (Å²) in [6.07, 6.45) is 0.528. The standard InChI is InChI=1S/C20H24O7/c1-10-13-8-14(17(19(23)26-3)16(13)18(21)22)15(10)20(24)27-9-11-4-6-12(25-2)7-5-11/h4-7,10,13-17H,8-9H2,1-3H3,(H,21,22)/t10-,13?,14?,15?,16-,17+/m1/s1. The molecule has 0 radical (unpaired) electrons. The van der Waals surface area contributed by atoms with Crippen LogP contribution in [0.3, 0.4) is 0 Å². The van der Waals surface area contributed by atoms with Gasteiger partial charge in [-0.05, 0) is 41.9 Å². The van der Waals surface area contributed by atoms with E-state index in [1.165, 1.54) is 7.11 Å². The number of esters is 2. The van der Waals surface area contributed by atoms with Crippen molar-refractivity contribution < 1.29 is 33.7 Å². The summed E-state index contributed by atoms with van der Waals surface area (Å²) in [6.45, 7) is 1.99. The number of carbonyl (C=O) groups is 3. The molecule has 3 rings (SSSR count). The van der Waals surface area contributed by atoms with Gasteiger partial charge in [-0.1, -0.05) is 19.1 Å². The second-order valence-corrected chi connectivity index (χ2v) is 7.32. The van der Waals surface area contributed by atoms with Gasteiger partial charge < -0.3 is 19.3 Å². The number of carboxylic acid groups (broad SMARTS) is 1. The van der Waals surface area contributed by atoms with Gasteiger partial charge in [0, 0.05) is 0 Å². The first-order valence-corrected chi connectivity index (χ1v) is 8.99. The van der Waals surface area contributed by atoms with Crippen molar-refractivity contribution in [3.8, 4) is 5.75 Å². The normalized spacial score (nSPS) is 31.4. The van der Waals surface area contributed by atoms with E-state index in [9.17, 15) is 19.5 Å². The number of hydrogen-bond acceptors (Lipinski definition) is 6. The zero-order valence-corrected chi connectivity index (χ0v) is 15.6. The molecule has 0 heterocycles. The van der Waals surface area contributed by atoms with Gasteiger partial charge >= 0.3 is 17.9 Å². The van der Waals surface area contributed by atoms with Crippen LogP contribution in [0.5, 0.6) is 5.75 Å². The average molecular weight is 376 g/mol. The maximum absolute atomic E-state index is 12.7. The molecule has 2 fully saturated rings. The summed E-state index contributed by atoms with van der Waals surface area (Å²) in [5, 5.41) is 9.55. The predicted molar refractivity (Wildman–Crippen MR) is 93.7 cm³/mol. The van der Waals surface area contributed by atoms with E-state index in [2.05, 4.69) is 0 Å². The molecule has 3 unspecified atom stereocenters. The number of carboxylic acids is 1. The van der Waals surface area contributed by atoms with Gasteiger partial charge in [-0.15, -0.1) is 0 Å². The number of aliphatic carboxylic acids is 1. The van der Waals surface area contributed by atoms with E-state index in [0.717, 1.165) is 5.56 Å². The first-order chi connectivity index (χ1) is 12.9. The lowest BCUT2D eigenvalue weighted by molar-refractivity contribution is -0.167. The maximum atomic E-state index is 12.7. The van der Waals surface area contributed by atoms with E-state index >= 15 is 0 Å². The summed E-state index contributed by atoms with van der Waals surface area (Å²) in [5.41, 5.74) is 0.827. The van der Waals surface area contributed by atoms with Crippen molar-refractivity contribution in [1.29, 1.82) is 0 Å². The molecule has 1 aromatic carbocycles. The topological polar surface area (TPSA) is 99.1 Å². The van der Waals surface area contributed by atoms with Crippen LogP contribution >= 0.6 is 0 Å². The molecule has 0 saturated heterocycles. The number of fused-ring (bicyclic) bond motifs is 2. The highest BCUT2D eigenvalue weighted by atomic mass is 16.5. The molecule has 2 bridgehead atoms. The van der Waals surface area contributed by atoms with Crippen molar-refractivity contribution in [3.63, 3.8) is 0 Å². The second-order valence-electron chi connectivity index (χ2n) is 7.32. The fraction of sp³-hybridized carbons (Fsp3) is 0.550. The highest BCUT2D eigenvalue weighted by Gasteiger charge is 2.63. The molecule has 0 aromatic heterocycles. The maximum Gasteiger partial charge on any atom is 0.309 e. The van der Waals surface area contributed by atoms with E-state index in [1.54, 1.807) is 19.2 Å². The van der Waals surface area contributed by atoms with E-state index in [0.29, 0.717) is 12.2 Å². The minimum Gasteiger partial charge on any atom is -0.497 e. The zero-order valence-electron chi connectivity index (χ0n) is 15.6. The number of rotatable bonds is 6. The summed E-state index contributed by atoms with van der Waals surface area (Å²) in [4.78, 5) is 36.6. The van der Waals surface area contributed by atoms with Crippen LogP contribution in [-0.2, 0) is 30.5 Å². The molecule has 2 aliphatic rings. The molecular formula is C20H24O7. The molecule has 0 amide bonds. The first kappa shape index (κ1) is 19.2. The molecule has 7 nitrogen and oxygen atoms in total. The Morgan fingerprint density at radius 3 is 2.22 bits per heavy atom. The molecule has 2 aliphatic carbocycles. The van der Waals surface area contributed by atoms with Crippen LogP contribution in [0.4, 0.5) is 0 Å². The van der Waals surface area contributed by atoms with Crippen LogP contribution in [0.25, 0.3) is 0 Å². The quantitative estimate of drug-likeness (QED) is 0.759. The fourth-order valence-electron chi connectivity index (χ4n) is 4.86. The lowest BCUT2D eigenvalue weighted by atomic mass is 9.68. The molecular weight excluding hydrogens is 352 g/mol. The van der Waals surface area contributed by atoms with E-state index in [-0.39, 0.29) is 30.3 Å². The minimum atomic E-state index is -1.00. The van der Waals surface area contributed by atoms with Gasteiger partial charge in [0.05, 0.1) is 32.0 Å². The third-order valence-electron chi connectivity index (χ3n) is 6.13. The monoisotopic (exact) mass is 376 g/mol. The number of carbonyl (C=O) groups excluding carboxylic acids is 2. The summed E-state index contributed by atoms with van der Waals surface area (Å²) in [6, 6.07) is 7.20. The Hall–Kier alpha value is -2.57. The Kier molecular flexibility index (Phi) is 5.39. The van der Waals surface area contributed by atoms with Crippen LogP contribution in [0.2, 0.25) is 0 Å². The summed E-state index contributed by atoms with van der Waals surface area (Å²) >= 11 is 0. The Morgan fingerprint density at radius 1 is 1.00 bits per heavy atom. The zero-order chi connectivity index (χ0) is 19.7. The Balaban J connectivity index is 1.71. The molecule has 1 aromatic rings.